The summed E-state index contributed by atoms with van der Waals surface area (Å²) in [5, 5.41) is 11.5. The summed E-state index contributed by atoms with van der Waals surface area (Å²) < 4.78 is 10.8. The molecule has 2 N–H and O–H groups in total. The molecule has 0 aromatic heterocycles. The maximum atomic E-state index is 12.7. The number of fused-ring (bicyclic) bond motifs is 3. The molecule has 2 amide bonds. The van der Waals surface area contributed by atoms with Gasteiger partial charge in [0.2, 0.25) is 0 Å². The van der Waals surface area contributed by atoms with Crippen LogP contribution in [0.5, 0.6) is 0 Å². The number of likely N-dealkylation sites (N-methyl/N-ethyl adjacent to an activating group) is 1. The van der Waals surface area contributed by atoms with Gasteiger partial charge >= 0.3 is 12.1 Å². The number of carbonyl (C=O) groups excluding carboxylic acids is 2. The minimum Gasteiger partial charge on any atom is -0.481 e. The largest absolute Gasteiger partial charge is 0.481 e. The van der Waals surface area contributed by atoms with Crippen molar-refractivity contribution in [2.75, 3.05) is 33.4 Å². The lowest BCUT2D eigenvalue weighted by molar-refractivity contribution is -0.143. The lowest BCUT2D eigenvalue weighted by atomic mass is 9.98. The van der Waals surface area contributed by atoms with Crippen molar-refractivity contribution in [2.24, 2.45) is 0 Å². The lowest BCUT2D eigenvalue weighted by Gasteiger charge is -2.25. The fourth-order valence-electron chi connectivity index (χ4n) is 4.35. The number of rotatable bonds is 12. The molecule has 0 heterocycles. The van der Waals surface area contributed by atoms with E-state index in [0.29, 0.717) is 19.5 Å². The number of alkyl carbamates (subject to hydrolysis) is 1. The van der Waals surface area contributed by atoms with Crippen LogP contribution < -0.4 is 5.32 Å². The molecule has 0 spiro atoms. The zero-order valence-corrected chi connectivity index (χ0v) is 19.7. The second kappa shape index (κ2) is 12.2. The van der Waals surface area contributed by atoms with Gasteiger partial charge in [-0.2, -0.15) is 0 Å². The van der Waals surface area contributed by atoms with Crippen molar-refractivity contribution in [3.63, 3.8) is 0 Å². The Hall–Kier alpha value is -3.39. The summed E-state index contributed by atoms with van der Waals surface area (Å²) in [5.74, 6) is -1.13. The quantitative estimate of drug-likeness (QED) is 0.493. The van der Waals surface area contributed by atoms with Gasteiger partial charge in [-0.15, -0.1) is 0 Å². The van der Waals surface area contributed by atoms with Crippen LogP contribution in [0.25, 0.3) is 11.1 Å². The molecule has 1 unspecified atom stereocenters. The molecule has 0 aliphatic heterocycles. The standard InChI is InChI=1S/C26H32N2O6/c1-3-28(16-8-13-24(29)30)25(31)23(33-2)14-15-27-26(32)34-17-22-20-11-6-4-9-18(20)19-10-5-7-12-21(19)22/h4-7,9-12,22-23H,3,8,13-17H2,1-2H3,(H,27,32)(H,29,30). The molecule has 2 aromatic carbocycles. The number of hydrogen-bond acceptors (Lipinski definition) is 5. The first-order valence-electron chi connectivity index (χ1n) is 11.6. The highest BCUT2D eigenvalue weighted by Gasteiger charge is 2.29. The number of nitrogens with one attached hydrogen (secondary N) is 1. The van der Waals surface area contributed by atoms with E-state index in [4.69, 9.17) is 14.6 Å². The fourth-order valence-corrected chi connectivity index (χ4v) is 4.35. The zero-order valence-electron chi connectivity index (χ0n) is 19.7. The molecule has 0 radical (unpaired) electrons. The van der Waals surface area contributed by atoms with Crippen LogP contribution in [0, 0.1) is 0 Å². The molecule has 0 saturated heterocycles. The number of amides is 2. The van der Waals surface area contributed by atoms with Gasteiger partial charge in [0.25, 0.3) is 5.91 Å². The lowest BCUT2D eigenvalue weighted by Crippen LogP contribution is -2.42. The van der Waals surface area contributed by atoms with E-state index >= 15 is 0 Å². The molecule has 1 aliphatic carbocycles. The predicted molar refractivity (Wildman–Crippen MR) is 128 cm³/mol. The van der Waals surface area contributed by atoms with Gasteiger partial charge in [0.1, 0.15) is 12.7 Å². The van der Waals surface area contributed by atoms with Crippen LogP contribution in [0.2, 0.25) is 0 Å². The van der Waals surface area contributed by atoms with Gasteiger partial charge in [-0.25, -0.2) is 4.79 Å². The van der Waals surface area contributed by atoms with Crippen LogP contribution in [0.4, 0.5) is 4.79 Å². The van der Waals surface area contributed by atoms with E-state index in [1.54, 1.807) is 4.90 Å². The van der Waals surface area contributed by atoms with E-state index in [2.05, 4.69) is 29.6 Å². The average molecular weight is 469 g/mol. The molecule has 2 aromatic rings. The second-order valence-electron chi connectivity index (χ2n) is 8.18. The first-order valence-corrected chi connectivity index (χ1v) is 11.6. The van der Waals surface area contributed by atoms with Crippen molar-refractivity contribution in [1.29, 1.82) is 0 Å². The fraction of sp³-hybridized carbons (Fsp3) is 0.423. The number of carboxylic acid groups (broad SMARTS) is 1. The van der Waals surface area contributed by atoms with Crippen LogP contribution in [-0.4, -0.2) is 67.4 Å². The average Bonchev–Trinajstić information content (AvgIpc) is 3.16. The molecular formula is C26H32N2O6. The predicted octanol–water partition coefficient (Wildman–Crippen LogP) is 3.64. The number of aliphatic carboxylic acids is 1. The number of carbonyl (C=O) groups is 3. The summed E-state index contributed by atoms with van der Waals surface area (Å²) in [7, 11) is 1.45. The number of nitrogens with zero attached hydrogens (tertiary/aromatic N) is 1. The summed E-state index contributed by atoms with van der Waals surface area (Å²) in [4.78, 5) is 37.3. The Morgan fingerprint density at radius 3 is 2.24 bits per heavy atom. The van der Waals surface area contributed by atoms with Gasteiger partial charge in [-0.1, -0.05) is 48.5 Å². The Kier molecular flexibility index (Phi) is 9.04. The summed E-state index contributed by atoms with van der Waals surface area (Å²) >= 11 is 0. The first kappa shape index (κ1) is 25.2. The van der Waals surface area contributed by atoms with Crippen LogP contribution in [0.1, 0.15) is 43.2 Å². The molecule has 34 heavy (non-hydrogen) atoms. The Morgan fingerprint density at radius 1 is 1.06 bits per heavy atom. The number of ether oxygens (including phenoxy) is 2. The highest BCUT2D eigenvalue weighted by molar-refractivity contribution is 5.81. The first-order chi connectivity index (χ1) is 16.5. The maximum Gasteiger partial charge on any atom is 0.407 e. The van der Waals surface area contributed by atoms with Gasteiger partial charge < -0.3 is 24.8 Å². The van der Waals surface area contributed by atoms with Crippen LogP contribution >= 0.6 is 0 Å². The third kappa shape index (κ3) is 6.14. The number of hydrogen-bond donors (Lipinski definition) is 2. The zero-order chi connectivity index (χ0) is 24.5. The Balaban J connectivity index is 1.47. The highest BCUT2D eigenvalue weighted by atomic mass is 16.5. The monoisotopic (exact) mass is 468 g/mol. The van der Waals surface area contributed by atoms with Crippen LogP contribution in [0.3, 0.4) is 0 Å². The van der Waals surface area contributed by atoms with Gasteiger partial charge in [0.05, 0.1) is 0 Å². The molecule has 8 nitrogen and oxygen atoms in total. The summed E-state index contributed by atoms with van der Waals surface area (Å²) in [5.41, 5.74) is 4.61. The van der Waals surface area contributed by atoms with Crippen LogP contribution in [-0.2, 0) is 19.1 Å². The van der Waals surface area contributed by atoms with E-state index in [9.17, 15) is 14.4 Å². The topological polar surface area (TPSA) is 105 Å². The molecule has 1 atom stereocenters. The molecule has 3 rings (SSSR count). The SMILES string of the molecule is CCN(CCCC(=O)O)C(=O)C(CCNC(=O)OCC1c2ccccc2-c2ccccc21)OC. The molecule has 0 saturated carbocycles. The van der Waals surface area contributed by atoms with Gasteiger partial charge in [-0.3, -0.25) is 9.59 Å². The Labute approximate surface area is 199 Å². The van der Waals surface area contributed by atoms with Crippen molar-refractivity contribution >= 4 is 18.0 Å². The third-order valence-electron chi connectivity index (χ3n) is 6.09. The van der Waals surface area contributed by atoms with Gasteiger partial charge in [0.15, 0.2) is 0 Å². The van der Waals surface area contributed by atoms with Crippen molar-refractivity contribution < 1.29 is 29.0 Å². The minimum absolute atomic E-state index is 0.00473. The van der Waals surface area contributed by atoms with E-state index in [0.717, 1.165) is 22.3 Å². The molecule has 1 aliphatic rings. The molecule has 182 valence electrons. The normalized spacial score (nSPS) is 13.0. The number of carboxylic acids is 1. The molecule has 0 bridgehead atoms. The Morgan fingerprint density at radius 2 is 1.68 bits per heavy atom. The molecular weight excluding hydrogens is 436 g/mol. The van der Waals surface area contributed by atoms with Crippen molar-refractivity contribution in [2.45, 2.75) is 38.2 Å². The van der Waals surface area contributed by atoms with E-state index in [1.165, 1.54) is 7.11 Å². The summed E-state index contributed by atoms with van der Waals surface area (Å²) in [6, 6.07) is 16.3. The second-order valence-corrected chi connectivity index (χ2v) is 8.18. The van der Waals surface area contributed by atoms with E-state index < -0.39 is 18.2 Å². The smallest absolute Gasteiger partial charge is 0.407 e. The van der Waals surface area contributed by atoms with Crippen LogP contribution in [0.15, 0.2) is 48.5 Å². The number of benzene rings is 2. The van der Waals surface area contributed by atoms with Gasteiger partial charge in [-0.05, 0) is 35.6 Å². The summed E-state index contributed by atoms with van der Waals surface area (Å²) in [6.07, 6.45) is -0.597. The van der Waals surface area contributed by atoms with Crippen molar-refractivity contribution in [3.8, 4) is 11.1 Å². The van der Waals surface area contributed by atoms with Crippen molar-refractivity contribution in [1.82, 2.24) is 10.2 Å². The molecule has 8 heteroatoms. The van der Waals surface area contributed by atoms with E-state index in [-0.39, 0.29) is 37.8 Å². The number of methoxy groups -OCH3 is 1. The maximum absolute atomic E-state index is 12.7. The summed E-state index contributed by atoms with van der Waals surface area (Å²) in [6.45, 7) is 3.08. The molecule has 0 fully saturated rings. The van der Waals surface area contributed by atoms with Crippen molar-refractivity contribution in [3.05, 3.63) is 59.7 Å². The van der Waals surface area contributed by atoms with Gasteiger partial charge in [0, 0.05) is 45.5 Å². The minimum atomic E-state index is -0.890. The Bertz CT molecular complexity index is 963. The highest BCUT2D eigenvalue weighted by Crippen LogP contribution is 2.44. The third-order valence-corrected chi connectivity index (χ3v) is 6.09. The van der Waals surface area contributed by atoms with E-state index in [1.807, 2.05) is 31.2 Å².